The van der Waals surface area contributed by atoms with Gasteiger partial charge in [-0.1, -0.05) is 39.0 Å². The highest BCUT2D eigenvalue weighted by Crippen LogP contribution is 2.27. The van der Waals surface area contributed by atoms with E-state index in [1.807, 2.05) is 12.1 Å². The lowest BCUT2D eigenvalue weighted by molar-refractivity contribution is 0.330. The van der Waals surface area contributed by atoms with Crippen LogP contribution < -0.4 is 10.1 Å². The number of benzene rings is 1. The Morgan fingerprint density at radius 1 is 1.24 bits per heavy atom. The Morgan fingerprint density at radius 2 is 1.94 bits per heavy atom. The van der Waals surface area contributed by atoms with Gasteiger partial charge in [-0.05, 0) is 36.4 Å². The van der Waals surface area contributed by atoms with Crippen molar-refractivity contribution < 1.29 is 4.74 Å². The molecule has 0 aromatic heterocycles. The molecule has 0 atom stereocenters. The van der Waals surface area contributed by atoms with Crippen molar-refractivity contribution in [3.63, 3.8) is 0 Å². The van der Waals surface area contributed by atoms with E-state index < -0.39 is 0 Å². The van der Waals surface area contributed by atoms with E-state index in [9.17, 15) is 0 Å². The summed E-state index contributed by atoms with van der Waals surface area (Å²) in [6, 6.07) is 8.28. The lowest BCUT2D eigenvalue weighted by Crippen LogP contribution is -2.31. The first-order valence-corrected chi connectivity index (χ1v) is 6.41. The van der Waals surface area contributed by atoms with E-state index in [2.05, 4.69) is 38.2 Å². The summed E-state index contributed by atoms with van der Waals surface area (Å²) in [5.74, 6) is 0.996. The quantitative estimate of drug-likeness (QED) is 0.732. The normalized spacial score (nSPS) is 11.5. The van der Waals surface area contributed by atoms with Gasteiger partial charge in [-0.2, -0.15) is 0 Å². The van der Waals surface area contributed by atoms with Gasteiger partial charge in [0.1, 0.15) is 5.75 Å². The number of nitrogens with one attached hydrogen (secondary N) is 1. The smallest absolute Gasteiger partial charge is 0.122 e. The van der Waals surface area contributed by atoms with E-state index in [1.165, 1.54) is 12.0 Å². The molecule has 1 N–H and O–H groups in total. The first kappa shape index (κ1) is 14.0. The molecule has 0 radical (unpaired) electrons. The summed E-state index contributed by atoms with van der Waals surface area (Å²) < 4.78 is 5.40. The van der Waals surface area contributed by atoms with Gasteiger partial charge in [0.25, 0.3) is 0 Å². The van der Waals surface area contributed by atoms with Gasteiger partial charge in [0.2, 0.25) is 0 Å². The molecule has 1 rings (SSSR count). The minimum absolute atomic E-state index is 0.254. The van der Waals surface area contributed by atoms with E-state index in [4.69, 9.17) is 4.74 Å². The van der Waals surface area contributed by atoms with Gasteiger partial charge in [0, 0.05) is 6.54 Å². The summed E-state index contributed by atoms with van der Waals surface area (Å²) in [7, 11) is 1.74. The molecule has 0 unspecified atom stereocenters. The fourth-order valence-electron chi connectivity index (χ4n) is 2.03. The third-order valence-corrected chi connectivity index (χ3v) is 2.89. The van der Waals surface area contributed by atoms with E-state index in [0.717, 1.165) is 25.3 Å². The largest absolute Gasteiger partial charge is 0.496 e. The van der Waals surface area contributed by atoms with Crippen LogP contribution in [0.4, 0.5) is 0 Å². The molecule has 17 heavy (non-hydrogen) atoms. The van der Waals surface area contributed by atoms with Gasteiger partial charge in [0.05, 0.1) is 7.11 Å². The van der Waals surface area contributed by atoms with Crippen LogP contribution in [-0.4, -0.2) is 20.2 Å². The van der Waals surface area contributed by atoms with E-state index in [1.54, 1.807) is 7.11 Å². The Hall–Kier alpha value is -1.02. The molecule has 0 aliphatic rings. The van der Waals surface area contributed by atoms with Crippen molar-refractivity contribution in [2.75, 3.05) is 20.2 Å². The predicted octanol–water partition coefficient (Wildman–Crippen LogP) is 3.26. The maximum absolute atomic E-state index is 5.40. The third-order valence-electron chi connectivity index (χ3n) is 2.89. The summed E-state index contributed by atoms with van der Waals surface area (Å²) in [6.07, 6.45) is 2.22. The molecule has 2 nitrogen and oxygen atoms in total. The van der Waals surface area contributed by atoms with Crippen LogP contribution in [-0.2, 0) is 6.42 Å². The first-order valence-electron chi connectivity index (χ1n) is 6.41. The number of ether oxygens (including phenoxy) is 1. The highest BCUT2D eigenvalue weighted by atomic mass is 16.5. The van der Waals surface area contributed by atoms with Crippen LogP contribution in [0.2, 0.25) is 0 Å². The molecule has 1 aromatic rings. The van der Waals surface area contributed by atoms with Crippen LogP contribution >= 0.6 is 0 Å². The molecule has 1 aromatic carbocycles. The highest BCUT2D eigenvalue weighted by Gasteiger charge is 2.19. The molecule has 0 aliphatic carbocycles. The Kier molecular flexibility index (Phi) is 5.49. The van der Waals surface area contributed by atoms with Crippen LogP contribution in [0.3, 0.4) is 0 Å². The molecular formula is C15H25NO. The summed E-state index contributed by atoms with van der Waals surface area (Å²) in [5, 5.41) is 3.49. The molecule has 0 spiro atoms. The van der Waals surface area contributed by atoms with Crippen LogP contribution in [0.15, 0.2) is 24.3 Å². The van der Waals surface area contributed by atoms with Crippen molar-refractivity contribution >= 4 is 0 Å². The molecule has 0 aliphatic heterocycles. The van der Waals surface area contributed by atoms with Gasteiger partial charge < -0.3 is 10.1 Å². The monoisotopic (exact) mass is 235 g/mol. The van der Waals surface area contributed by atoms with Crippen molar-refractivity contribution in [2.45, 2.75) is 33.6 Å². The average Bonchev–Trinajstić information content (AvgIpc) is 2.29. The zero-order valence-corrected chi connectivity index (χ0v) is 11.5. The van der Waals surface area contributed by atoms with Gasteiger partial charge in [-0.25, -0.2) is 0 Å². The fraction of sp³-hybridized carbons (Fsp3) is 0.600. The van der Waals surface area contributed by atoms with Gasteiger partial charge in [-0.15, -0.1) is 0 Å². The van der Waals surface area contributed by atoms with E-state index in [-0.39, 0.29) is 5.41 Å². The van der Waals surface area contributed by atoms with Crippen LogP contribution in [0.25, 0.3) is 0 Å². The summed E-state index contributed by atoms with van der Waals surface area (Å²) in [4.78, 5) is 0. The summed E-state index contributed by atoms with van der Waals surface area (Å²) >= 11 is 0. The first-order chi connectivity index (χ1) is 8.09. The number of hydrogen-bond acceptors (Lipinski definition) is 2. The zero-order valence-electron chi connectivity index (χ0n) is 11.5. The van der Waals surface area contributed by atoms with Crippen LogP contribution in [0.5, 0.6) is 5.75 Å². The number of rotatable bonds is 7. The van der Waals surface area contributed by atoms with Gasteiger partial charge in [0.15, 0.2) is 0 Å². The SMILES string of the molecule is CCCNCC(C)(C)Cc1ccccc1OC. The van der Waals surface area contributed by atoms with E-state index >= 15 is 0 Å². The van der Waals surface area contributed by atoms with Crippen LogP contribution in [0.1, 0.15) is 32.8 Å². The van der Waals surface area contributed by atoms with Gasteiger partial charge >= 0.3 is 0 Å². The van der Waals surface area contributed by atoms with Crippen molar-refractivity contribution in [3.8, 4) is 5.75 Å². The lowest BCUT2D eigenvalue weighted by Gasteiger charge is -2.26. The minimum atomic E-state index is 0.254. The van der Waals surface area contributed by atoms with Crippen molar-refractivity contribution in [1.29, 1.82) is 0 Å². The molecular weight excluding hydrogens is 210 g/mol. The Bertz CT molecular complexity index is 333. The van der Waals surface area contributed by atoms with Crippen molar-refractivity contribution in [1.82, 2.24) is 5.32 Å². The topological polar surface area (TPSA) is 21.3 Å². The highest BCUT2D eigenvalue weighted by molar-refractivity contribution is 5.33. The van der Waals surface area contributed by atoms with E-state index in [0.29, 0.717) is 0 Å². The van der Waals surface area contributed by atoms with Crippen LogP contribution in [0, 0.1) is 5.41 Å². The molecule has 0 heterocycles. The molecule has 0 fully saturated rings. The molecule has 0 bridgehead atoms. The number of methoxy groups -OCH3 is 1. The minimum Gasteiger partial charge on any atom is -0.496 e. The third kappa shape index (κ3) is 4.78. The second kappa shape index (κ2) is 6.65. The average molecular weight is 235 g/mol. The predicted molar refractivity (Wildman–Crippen MR) is 73.6 cm³/mol. The van der Waals surface area contributed by atoms with Gasteiger partial charge in [-0.3, -0.25) is 0 Å². The molecule has 0 saturated carbocycles. The molecule has 96 valence electrons. The molecule has 0 saturated heterocycles. The number of hydrogen-bond donors (Lipinski definition) is 1. The van der Waals surface area contributed by atoms with Crippen molar-refractivity contribution in [2.24, 2.45) is 5.41 Å². The lowest BCUT2D eigenvalue weighted by atomic mass is 9.85. The second-order valence-electron chi connectivity index (χ2n) is 5.33. The Balaban J connectivity index is 2.62. The summed E-state index contributed by atoms with van der Waals surface area (Å²) in [5.41, 5.74) is 1.54. The van der Waals surface area contributed by atoms with Crippen molar-refractivity contribution in [3.05, 3.63) is 29.8 Å². The fourth-order valence-corrected chi connectivity index (χ4v) is 2.03. The zero-order chi connectivity index (χ0) is 12.7. The molecule has 2 heteroatoms. The maximum Gasteiger partial charge on any atom is 0.122 e. The second-order valence-corrected chi connectivity index (χ2v) is 5.33. The Labute approximate surface area is 105 Å². The standard InChI is InChI=1S/C15H25NO/c1-5-10-16-12-15(2,3)11-13-8-6-7-9-14(13)17-4/h6-9,16H,5,10-12H2,1-4H3. The molecule has 0 amide bonds. The maximum atomic E-state index is 5.40. The summed E-state index contributed by atoms with van der Waals surface area (Å²) in [6.45, 7) is 8.92. The Morgan fingerprint density at radius 3 is 2.59 bits per heavy atom. The number of para-hydroxylation sites is 1.